The number of ether oxygens (including phenoxy) is 2. The van der Waals surface area contributed by atoms with Gasteiger partial charge in [-0.05, 0) is 54.4 Å². The lowest BCUT2D eigenvalue weighted by Gasteiger charge is -2.14. The molecule has 0 spiro atoms. The van der Waals surface area contributed by atoms with Gasteiger partial charge in [0, 0.05) is 25.5 Å². The number of nitrogens with zero attached hydrogens (tertiary/aromatic N) is 1. The van der Waals surface area contributed by atoms with Crippen LogP contribution in [0.2, 0.25) is 0 Å². The second-order valence-corrected chi connectivity index (χ2v) is 5.80. The Balaban J connectivity index is 2.09. The Morgan fingerprint density at radius 1 is 1.04 bits per heavy atom. The number of hydrogen-bond donors (Lipinski definition) is 1. The van der Waals surface area contributed by atoms with Crippen LogP contribution in [0.1, 0.15) is 11.1 Å². The smallest absolute Gasteiger partial charge is 0.228 e. The maximum Gasteiger partial charge on any atom is 0.228 e. The molecule has 0 atom stereocenters. The number of benzene rings is 2. The molecule has 0 saturated heterocycles. The maximum absolute atomic E-state index is 12.3. The second kappa shape index (κ2) is 7.73. The molecular formula is C19H24N2O3. The molecule has 0 bridgehead atoms. The van der Waals surface area contributed by atoms with E-state index in [2.05, 4.69) is 5.32 Å². The number of carbonyl (C=O) groups is 1. The third kappa shape index (κ3) is 4.19. The molecule has 5 nitrogen and oxygen atoms in total. The molecule has 0 aromatic heterocycles. The second-order valence-electron chi connectivity index (χ2n) is 5.80. The predicted octanol–water partition coefficient (Wildman–Crippen LogP) is 3.26. The molecule has 1 N–H and O–H groups in total. The molecule has 0 aliphatic rings. The molecule has 2 aromatic carbocycles. The van der Waals surface area contributed by atoms with Crippen LogP contribution in [-0.2, 0) is 11.2 Å². The molecule has 1 amide bonds. The van der Waals surface area contributed by atoms with Gasteiger partial charge in [-0.2, -0.15) is 0 Å². The van der Waals surface area contributed by atoms with Crippen LogP contribution in [-0.4, -0.2) is 34.2 Å². The van der Waals surface area contributed by atoms with Gasteiger partial charge < -0.3 is 19.7 Å². The summed E-state index contributed by atoms with van der Waals surface area (Å²) in [6, 6.07) is 11.5. The quantitative estimate of drug-likeness (QED) is 0.884. The van der Waals surface area contributed by atoms with Gasteiger partial charge in [0.2, 0.25) is 5.91 Å². The molecule has 0 saturated carbocycles. The van der Waals surface area contributed by atoms with Crippen molar-refractivity contribution in [3.8, 4) is 11.5 Å². The van der Waals surface area contributed by atoms with E-state index in [1.807, 2.05) is 62.3 Å². The van der Waals surface area contributed by atoms with E-state index in [9.17, 15) is 4.79 Å². The number of nitrogens with one attached hydrogen (secondary N) is 1. The normalized spacial score (nSPS) is 10.2. The molecule has 0 unspecified atom stereocenters. The van der Waals surface area contributed by atoms with Gasteiger partial charge in [0.15, 0.2) is 11.5 Å². The van der Waals surface area contributed by atoms with E-state index < -0.39 is 0 Å². The Labute approximate surface area is 143 Å². The van der Waals surface area contributed by atoms with Crippen LogP contribution >= 0.6 is 0 Å². The molecule has 2 aromatic rings. The average molecular weight is 328 g/mol. The standard InChI is InChI=1S/C19H24N2O3/c1-13-10-17(23-4)18(24-5)11-14(13)12-19(22)20-15-6-8-16(9-7-15)21(2)3/h6-11H,12H2,1-5H3,(H,20,22). The topological polar surface area (TPSA) is 50.8 Å². The van der Waals surface area contributed by atoms with E-state index in [0.29, 0.717) is 11.5 Å². The Morgan fingerprint density at radius 2 is 1.62 bits per heavy atom. The van der Waals surface area contributed by atoms with Crippen LogP contribution in [0.15, 0.2) is 36.4 Å². The highest BCUT2D eigenvalue weighted by molar-refractivity contribution is 5.92. The first-order valence-corrected chi connectivity index (χ1v) is 7.73. The fourth-order valence-corrected chi connectivity index (χ4v) is 2.43. The summed E-state index contributed by atoms with van der Waals surface area (Å²) in [5.41, 5.74) is 3.77. The minimum Gasteiger partial charge on any atom is -0.493 e. The molecule has 0 radical (unpaired) electrons. The summed E-state index contributed by atoms with van der Waals surface area (Å²) in [5, 5.41) is 2.92. The molecule has 0 aliphatic carbocycles. The summed E-state index contributed by atoms with van der Waals surface area (Å²) >= 11 is 0. The van der Waals surface area contributed by atoms with Crippen molar-refractivity contribution in [1.29, 1.82) is 0 Å². The highest BCUT2D eigenvalue weighted by Crippen LogP contribution is 2.30. The Kier molecular flexibility index (Phi) is 5.68. The van der Waals surface area contributed by atoms with Crippen molar-refractivity contribution in [1.82, 2.24) is 0 Å². The van der Waals surface area contributed by atoms with Crippen LogP contribution in [0.3, 0.4) is 0 Å². The van der Waals surface area contributed by atoms with Gasteiger partial charge in [-0.1, -0.05) is 0 Å². The lowest BCUT2D eigenvalue weighted by atomic mass is 10.0. The minimum atomic E-state index is -0.0667. The van der Waals surface area contributed by atoms with E-state index in [1.54, 1.807) is 14.2 Å². The zero-order chi connectivity index (χ0) is 17.7. The Bertz CT molecular complexity index is 709. The van der Waals surface area contributed by atoms with E-state index >= 15 is 0 Å². The van der Waals surface area contributed by atoms with Crippen LogP contribution in [0.5, 0.6) is 11.5 Å². The Morgan fingerprint density at radius 3 is 2.17 bits per heavy atom. The average Bonchev–Trinajstić information content (AvgIpc) is 2.56. The lowest BCUT2D eigenvalue weighted by molar-refractivity contribution is -0.115. The molecule has 128 valence electrons. The van der Waals surface area contributed by atoms with E-state index in [1.165, 1.54) is 0 Å². The van der Waals surface area contributed by atoms with Gasteiger partial charge >= 0.3 is 0 Å². The van der Waals surface area contributed by atoms with Gasteiger partial charge in [0.25, 0.3) is 0 Å². The minimum absolute atomic E-state index is 0.0667. The molecule has 0 heterocycles. The molecule has 5 heteroatoms. The summed E-state index contributed by atoms with van der Waals surface area (Å²) in [6.07, 6.45) is 0.279. The summed E-state index contributed by atoms with van der Waals surface area (Å²) < 4.78 is 10.6. The number of carbonyl (C=O) groups excluding carboxylic acids is 1. The van der Waals surface area contributed by atoms with E-state index in [-0.39, 0.29) is 12.3 Å². The SMILES string of the molecule is COc1cc(C)c(CC(=O)Nc2ccc(N(C)C)cc2)cc1OC. The predicted molar refractivity (Wildman–Crippen MR) is 97.4 cm³/mol. The highest BCUT2D eigenvalue weighted by atomic mass is 16.5. The third-order valence-electron chi connectivity index (χ3n) is 3.86. The van der Waals surface area contributed by atoms with E-state index in [4.69, 9.17) is 9.47 Å². The van der Waals surface area contributed by atoms with Crippen molar-refractivity contribution < 1.29 is 14.3 Å². The van der Waals surface area contributed by atoms with Crippen LogP contribution in [0.4, 0.5) is 11.4 Å². The van der Waals surface area contributed by atoms with Crippen LogP contribution in [0, 0.1) is 6.92 Å². The monoisotopic (exact) mass is 328 g/mol. The maximum atomic E-state index is 12.3. The van der Waals surface area contributed by atoms with E-state index in [0.717, 1.165) is 22.5 Å². The largest absolute Gasteiger partial charge is 0.493 e. The first-order valence-electron chi connectivity index (χ1n) is 7.73. The molecule has 0 aliphatic heterocycles. The number of methoxy groups -OCH3 is 2. The Hall–Kier alpha value is -2.69. The van der Waals surface area contributed by atoms with Crippen molar-refractivity contribution in [2.24, 2.45) is 0 Å². The number of rotatable bonds is 6. The lowest BCUT2D eigenvalue weighted by Crippen LogP contribution is -2.15. The zero-order valence-electron chi connectivity index (χ0n) is 14.8. The van der Waals surface area contributed by atoms with Gasteiger partial charge in [-0.15, -0.1) is 0 Å². The van der Waals surface area contributed by atoms with Crippen LogP contribution < -0.4 is 19.7 Å². The summed E-state index contributed by atoms with van der Waals surface area (Å²) in [6.45, 7) is 1.95. The van der Waals surface area contributed by atoms with Gasteiger partial charge in [0.1, 0.15) is 0 Å². The molecule has 0 fully saturated rings. The van der Waals surface area contributed by atoms with Gasteiger partial charge in [0.05, 0.1) is 20.6 Å². The number of hydrogen-bond acceptors (Lipinski definition) is 4. The van der Waals surface area contributed by atoms with Gasteiger partial charge in [-0.3, -0.25) is 4.79 Å². The molecule has 2 rings (SSSR count). The van der Waals surface area contributed by atoms with Crippen molar-refractivity contribution in [2.45, 2.75) is 13.3 Å². The highest BCUT2D eigenvalue weighted by Gasteiger charge is 2.12. The third-order valence-corrected chi connectivity index (χ3v) is 3.86. The number of amides is 1. The van der Waals surface area contributed by atoms with Crippen molar-refractivity contribution in [2.75, 3.05) is 38.5 Å². The van der Waals surface area contributed by atoms with Gasteiger partial charge in [-0.25, -0.2) is 0 Å². The fourth-order valence-electron chi connectivity index (χ4n) is 2.43. The first-order chi connectivity index (χ1) is 11.4. The van der Waals surface area contributed by atoms with Crippen molar-refractivity contribution >= 4 is 17.3 Å². The first kappa shape index (κ1) is 17.7. The summed E-state index contributed by atoms with van der Waals surface area (Å²) in [5.74, 6) is 1.22. The molecular weight excluding hydrogens is 304 g/mol. The molecule has 24 heavy (non-hydrogen) atoms. The number of anilines is 2. The fraction of sp³-hybridized carbons (Fsp3) is 0.316. The summed E-state index contributed by atoms with van der Waals surface area (Å²) in [7, 11) is 7.14. The zero-order valence-corrected chi connectivity index (χ0v) is 14.8. The van der Waals surface area contributed by atoms with Crippen molar-refractivity contribution in [3.63, 3.8) is 0 Å². The summed E-state index contributed by atoms with van der Waals surface area (Å²) in [4.78, 5) is 14.3. The number of aryl methyl sites for hydroxylation is 1. The van der Waals surface area contributed by atoms with Crippen molar-refractivity contribution in [3.05, 3.63) is 47.5 Å². The van der Waals surface area contributed by atoms with Crippen LogP contribution in [0.25, 0.3) is 0 Å².